The van der Waals surface area contributed by atoms with Crippen LogP contribution in [0, 0.1) is 0 Å². The molecule has 1 N–H and O–H groups in total. The molecule has 0 atom stereocenters. The predicted octanol–water partition coefficient (Wildman–Crippen LogP) is 3.52. The summed E-state index contributed by atoms with van der Waals surface area (Å²) in [5.74, 6) is 0. The third-order valence-electron chi connectivity index (χ3n) is 2.73. The molecule has 0 bridgehead atoms. The second kappa shape index (κ2) is 6.12. The van der Waals surface area contributed by atoms with E-state index in [-0.39, 0.29) is 5.54 Å². The molecule has 2 rings (SSSR count). The zero-order valence-electron chi connectivity index (χ0n) is 11.8. The Hall–Kier alpha value is -1.10. The molecule has 1 heterocycles. The number of benzene rings is 1. The second-order valence-corrected chi connectivity index (χ2v) is 6.59. The van der Waals surface area contributed by atoms with E-state index in [1.165, 1.54) is 0 Å². The first kappa shape index (κ1) is 15.3. The minimum absolute atomic E-state index is 0.0588. The molecule has 0 saturated heterocycles. The average Bonchev–Trinajstić information content (AvgIpc) is 2.77. The lowest BCUT2D eigenvalue weighted by molar-refractivity contribution is 0.421. The molecule has 0 unspecified atom stereocenters. The van der Waals surface area contributed by atoms with E-state index in [9.17, 15) is 0 Å². The highest BCUT2D eigenvalue weighted by atomic mass is 35.5. The third kappa shape index (κ3) is 4.47. The molecule has 108 valence electrons. The van der Waals surface area contributed by atoms with Gasteiger partial charge >= 0.3 is 0 Å². The molecule has 0 fully saturated rings. The molecule has 20 heavy (non-hydrogen) atoms. The Morgan fingerprint density at radius 3 is 2.65 bits per heavy atom. The Kier molecular flexibility index (Phi) is 4.68. The fourth-order valence-corrected chi connectivity index (χ4v) is 2.15. The van der Waals surface area contributed by atoms with Gasteiger partial charge < -0.3 is 5.32 Å². The van der Waals surface area contributed by atoms with Gasteiger partial charge in [0.15, 0.2) is 0 Å². The molecular weight excluding hydrogens is 295 g/mol. The van der Waals surface area contributed by atoms with E-state index in [0.29, 0.717) is 23.1 Å². The summed E-state index contributed by atoms with van der Waals surface area (Å²) in [5, 5.41) is 12.9. The second-order valence-electron chi connectivity index (χ2n) is 5.75. The molecular formula is C14H18Cl2N4. The van der Waals surface area contributed by atoms with Crippen LogP contribution in [0.15, 0.2) is 24.4 Å². The molecule has 0 spiro atoms. The Morgan fingerprint density at radius 2 is 2.00 bits per heavy atom. The molecule has 2 aromatic rings. The Balaban J connectivity index is 2.02. The summed E-state index contributed by atoms with van der Waals surface area (Å²) in [6, 6.07) is 5.46. The molecule has 0 radical (unpaired) electrons. The molecule has 1 aromatic carbocycles. The third-order valence-corrected chi connectivity index (χ3v) is 3.32. The number of aromatic nitrogens is 3. The van der Waals surface area contributed by atoms with Crippen LogP contribution in [0.25, 0.3) is 0 Å². The molecule has 0 saturated carbocycles. The van der Waals surface area contributed by atoms with Gasteiger partial charge in [-0.25, -0.2) is 4.68 Å². The van der Waals surface area contributed by atoms with Gasteiger partial charge in [0.25, 0.3) is 0 Å². The molecule has 6 heteroatoms. The molecule has 0 aliphatic heterocycles. The van der Waals surface area contributed by atoms with E-state index in [0.717, 1.165) is 11.3 Å². The summed E-state index contributed by atoms with van der Waals surface area (Å²) in [4.78, 5) is 0. The number of nitrogens with zero attached hydrogens (tertiary/aromatic N) is 3. The highest BCUT2D eigenvalue weighted by Gasteiger charge is 2.10. The highest BCUT2D eigenvalue weighted by Crippen LogP contribution is 2.21. The minimum Gasteiger partial charge on any atom is -0.306 e. The van der Waals surface area contributed by atoms with Crippen molar-refractivity contribution in [1.82, 2.24) is 20.3 Å². The van der Waals surface area contributed by atoms with Crippen LogP contribution in [0.2, 0.25) is 10.0 Å². The van der Waals surface area contributed by atoms with Crippen molar-refractivity contribution in [3.05, 3.63) is 45.7 Å². The minimum atomic E-state index is 0.0588. The maximum atomic E-state index is 6.15. The van der Waals surface area contributed by atoms with E-state index in [2.05, 4.69) is 36.4 Å². The lowest BCUT2D eigenvalue weighted by atomic mass is 10.1. The molecule has 4 nitrogen and oxygen atoms in total. The van der Waals surface area contributed by atoms with Gasteiger partial charge in [-0.15, -0.1) is 5.10 Å². The van der Waals surface area contributed by atoms with Crippen LogP contribution in [-0.4, -0.2) is 20.5 Å². The number of rotatable bonds is 4. The van der Waals surface area contributed by atoms with E-state index in [1.54, 1.807) is 10.7 Å². The van der Waals surface area contributed by atoms with Gasteiger partial charge in [-0.05, 0) is 38.5 Å². The van der Waals surface area contributed by atoms with Crippen LogP contribution < -0.4 is 5.32 Å². The van der Waals surface area contributed by atoms with Crippen molar-refractivity contribution in [2.24, 2.45) is 0 Å². The lowest BCUT2D eigenvalue weighted by Crippen LogP contribution is -2.35. The van der Waals surface area contributed by atoms with Gasteiger partial charge in [-0.1, -0.05) is 34.5 Å². The van der Waals surface area contributed by atoms with E-state index >= 15 is 0 Å². The van der Waals surface area contributed by atoms with Gasteiger partial charge in [0.2, 0.25) is 0 Å². The SMILES string of the molecule is CC(C)(C)NCc1cn(Cc2ccc(Cl)cc2Cl)nn1. The summed E-state index contributed by atoms with van der Waals surface area (Å²) in [7, 11) is 0. The predicted molar refractivity (Wildman–Crippen MR) is 82.2 cm³/mol. The van der Waals surface area contributed by atoms with Crippen molar-refractivity contribution in [2.75, 3.05) is 0 Å². The summed E-state index contributed by atoms with van der Waals surface area (Å²) >= 11 is 12.0. The van der Waals surface area contributed by atoms with Crippen molar-refractivity contribution >= 4 is 23.2 Å². The molecule has 1 aromatic heterocycles. The zero-order chi connectivity index (χ0) is 14.8. The standard InChI is InChI=1S/C14H18Cl2N4/c1-14(2,3)17-7-12-9-20(19-18-12)8-10-4-5-11(15)6-13(10)16/h4-6,9,17H,7-8H2,1-3H3. The number of halogens is 2. The molecule has 0 aliphatic carbocycles. The van der Waals surface area contributed by atoms with Crippen LogP contribution >= 0.6 is 23.2 Å². The van der Waals surface area contributed by atoms with Crippen molar-refractivity contribution in [1.29, 1.82) is 0 Å². The van der Waals surface area contributed by atoms with Crippen LogP contribution in [0.4, 0.5) is 0 Å². The van der Waals surface area contributed by atoms with E-state index in [1.807, 2.05) is 18.3 Å². The maximum Gasteiger partial charge on any atom is 0.0965 e. The topological polar surface area (TPSA) is 42.7 Å². The monoisotopic (exact) mass is 312 g/mol. The van der Waals surface area contributed by atoms with Gasteiger partial charge in [0.1, 0.15) is 0 Å². The van der Waals surface area contributed by atoms with Crippen LogP contribution in [0.1, 0.15) is 32.0 Å². The normalized spacial score (nSPS) is 11.8. The average molecular weight is 313 g/mol. The maximum absolute atomic E-state index is 6.15. The van der Waals surface area contributed by atoms with Gasteiger partial charge in [-0.2, -0.15) is 0 Å². The first-order valence-electron chi connectivity index (χ1n) is 6.41. The lowest BCUT2D eigenvalue weighted by Gasteiger charge is -2.19. The largest absolute Gasteiger partial charge is 0.306 e. The van der Waals surface area contributed by atoms with Gasteiger partial charge in [0.05, 0.1) is 18.4 Å². The van der Waals surface area contributed by atoms with Gasteiger partial charge in [0, 0.05) is 22.1 Å². The van der Waals surface area contributed by atoms with Crippen LogP contribution in [-0.2, 0) is 13.1 Å². The van der Waals surface area contributed by atoms with Crippen molar-refractivity contribution in [3.8, 4) is 0 Å². The van der Waals surface area contributed by atoms with Crippen molar-refractivity contribution < 1.29 is 0 Å². The summed E-state index contributed by atoms with van der Waals surface area (Å²) in [6.45, 7) is 7.62. The molecule has 0 amide bonds. The van der Waals surface area contributed by atoms with Crippen molar-refractivity contribution in [2.45, 2.75) is 39.4 Å². The Labute approximate surface area is 129 Å². The molecule has 0 aliphatic rings. The van der Waals surface area contributed by atoms with Gasteiger partial charge in [-0.3, -0.25) is 0 Å². The summed E-state index contributed by atoms with van der Waals surface area (Å²) in [6.07, 6.45) is 1.92. The Bertz CT molecular complexity index is 587. The summed E-state index contributed by atoms with van der Waals surface area (Å²) in [5.41, 5.74) is 1.94. The van der Waals surface area contributed by atoms with E-state index in [4.69, 9.17) is 23.2 Å². The van der Waals surface area contributed by atoms with E-state index < -0.39 is 0 Å². The fraction of sp³-hybridized carbons (Fsp3) is 0.429. The number of hydrogen-bond acceptors (Lipinski definition) is 3. The number of nitrogens with one attached hydrogen (secondary N) is 1. The van der Waals surface area contributed by atoms with Crippen LogP contribution in [0.5, 0.6) is 0 Å². The smallest absolute Gasteiger partial charge is 0.0965 e. The Morgan fingerprint density at radius 1 is 1.25 bits per heavy atom. The fourth-order valence-electron chi connectivity index (χ4n) is 1.68. The van der Waals surface area contributed by atoms with Crippen LogP contribution in [0.3, 0.4) is 0 Å². The zero-order valence-corrected chi connectivity index (χ0v) is 13.3. The van der Waals surface area contributed by atoms with Crippen molar-refractivity contribution in [3.63, 3.8) is 0 Å². The number of hydrogen-bond donors (Lipinski definition) is 1. The first-order valence-corrected chi connectivity index (χ1v) is 7.17. The summed E-state index contributed by atoms with van der Waals surface area (Å²) < 4.78 is 1.77. The highest BCUT2D eigenvalue weighted by molar-refractivity contribution is 6.35. The first-order chi connectivity index (χ1) is 9.33. The quantitative estimate of drug-likeness (QED) is 0.939.